The number of aryl methyl sites for hydroxylation is 2. The third-order valence-corrected chi connectivity index (χ3v) is 7.49. The highest BCUT2D eigenvalue weighted by atomic mass is 32.2. The first-order valence-corrected chi connectivity index (χ1v) is 11.0. The Hall–Kier alpha value is -2.38. The Balaban J connectivity index is 1.39. The second kappa shape index (κ2) is 7.56. The van der Waals surface area contributed by atoms with Crippen molar-refractivity contribution in [1.29, 1.82) is 0 Å². The lowest BCUT2D eigenvalue weighted by atomic mass is 10.1. The summed E-state index contributed by atoms with van der Waals surface area (Å²) in [6, 6.07) is 12.0. The zero-order valence-electron chi connectivity index (χ0n) is 15.7. The smallest absolute Gasteiger partial charge is 0.243 e. The normalized spacial score (nSPS) is 17.5. The Morgan fingerprint density at radius 1 is 0.929 bits per heavy atom. The van der Waals surface area contributed by atoms with Gasteiger partial charge >= 0.3 is 0 Å². The minimum Gasteiger partial charge on any atom is -0.508 e. The fraction of sp³-hybridized carbons (Fsp3) is 0.381. The standard InChI is InChI=1S/C21H24N2O4S/c24-19-7-4-16(5-8-19)14-21(25)22-10-12-23(13-11-22)28(26,27)20-9-6-17-2-1-3-18(17)15-20/h4-9,15,24H,1-3,10-14H2. The lowest BCUT2D eigenvalue weighted by molar-refractivity contribution is -0.131. The summed E-state index contributed by atoms with van der Waals surface area (Å²) in [6.07, 6.45) is 3.30. The van der Waals surface area contributed by atoms with E-state index in [1.807, 2.05) is 12.1 Å². The average Bonchev–Trinajstić information content (AvgIpc) is 3.17. The Labute approximate surface area is 165 Å². The van der Waals surface area contributed by atoms with Gasteiger partial charge in [-0.15, -0.1) is 0 Å². The van der Waals surface area contributed by atoms with Gasteiger partial charge in [-0.1, -0.05) is 18.2 Å². The Morgan fingerprint density at radius 3 is 2.32 bits per heavy atom. The van der Waals surface area contributed by atoms with Crippen LogP contribution >= 0.6 is 0 Å². The predicted octanol–water partition coefficient (Wildman–Crippen LogP) is 1.96. The number of hydrogen-bond acceptors (Lipinski definition) is 4. The van der Waals surface area contributed by atoms with E-state index in [0.29, 0.717) is 31.1 Å². The van der Waals surface area contributed by atoms with Gasteiger partial charge in [0, 0.05) is 26.2 Å². The molecule has 0 atom stereocenters. The van der Waals surface area contributed by atoms with E-state index >= 15 is 0 Å². The summed E-state index contributed by atoms with van der Waals surface area (Å²) in [7, 11) is -3.53. The van der Waals surface area contributed by atoms with E-state index in [-0.39, 0.29) is 18.1 Å². The molecule has 0 radical (unpaired) electrons. The summed E-state index contributed by atoms with van der Waals surface area (Å²) in [5.74, 6) is 0.141. The molecule has 2 aliphatic rings. The molecule has 1 saturated heterocycles. The van der Waals surface area contributed by atoms with Crippen molar-refractivity contribution in [2.75, 3.05) is 26.2 Å². The summed E-state index contributed by atoms with van der Waals surface area (Å²) in [5, 5.41) is 9.33. The van der Waals surface area contributed by atoms with Crippen molar-refractivity contribution >= 4 is 15.9 Å². The number of rotatable bonds is 4. The van der Waals surface area contributed by atoms with Crippen molar-refractivity contribution in [2.45, 2.75) is 30.6 Å². The maximum atomic E-state index is 13.0. The van der Waals surface area contributed by atoms with Crippen LogP contribution in [0.15, 0.2) is 47.4 Å². The SMILES string of the molecule is O=C(Cc1ccc(O)cc1)N1CCN(S(=O)(=O)c2ccc3c(c2)CCC3)CC1. The number of benzene rings is 2. The lowest BCUT2D eigenvalue weighted by Crippen LogP contribution is -2.50. The predicted molar refractivity (Wildman–Crippen MR) is 106 cm³/mol. The number of hydrogen-bond donors (Lipinski definition) is 1. The highest BCUT2D eigenvalue weighted by Crippen LogP contribution is 2.26. The number of phenolic OH excluding ortho intramolecular Hbond substituents is 1. The van der Waals surface area contributed by atoms with Crippen molar-refractivity contribution in [1.82, 2.24) is 9.21 Å². The van der Waals surface area contributed by atoms with Crippen LogP contribution in [-0.2, 0) is 34.1 Å². The zero-order chi connectivity index (χ0) is 19.7. The van der Waals surface area contributed by atoms with Crippen LogP contribution in [-0.4, -0.2) is 54.8 Å². The third-order valence-electron chi connectivity index (χ3n) is 5.59. The number of nitrogens with zero attached hydrogens (tertiary/aromatic N) is 2. The third kappa shape index (κ3) is 3.77. The maximum absolute atomic E-state index is 13.0. The van der Waals surface area contributed by atoms with Gasteiger partial charge < -0.3 is 10.0 Å². The molecule has 1 aliphatic heterocycles. The topological polar surface area (TPSA) is 77.9 Å². The largest absolute Gasteiger partial charge is 0.508 e. The molecule has 1 heterocycles. The monoisotopic (exact) mass is 400 g/mol. The highest BCUT2D eigenvalue weighted by Gasteiger charge is 2.30. The first kappa shape index (κ1) is 19.0. The quantitative estimate of drug-likeness (QED) is 0.851. The van der Waals surface area contributed by atoms with E-state index in [0.717, 1.165) is 30.4 Å². The van der Waals surface area contributed by atoms with Crippen LogP contribution in [0.25, 0.3) is 0 Å². The van der Waals surface area contributed by atoms with Crippen molar-refractivity contribution in [2.24, 2.45) is 0 Å². The average molecular weight is 401 g/mol. The number of carbonyl (C=O) groups excluding carboxylic acids is 1. The molecule has 2 aromatic rings. The van der Waals surface area contributed by atoms with Crippen molar-refractivity contribution in [3.63, 3.8) is 0 Å². The summed E-state index contributed by atoms with van der Waals surface area (Å²) in [4.78, 5) is 14.6. The number of aromatic hydroxyl groups is 1. The molecule has 0 bridgehead atoms. The molecule has 1 N–H and O–H groups in total. The number of carbonyl (C=O) groups is 1. The van der Waals surface area contributed by atoms with Gasteiger partial charge in [0.2, 0.25) is 15.9 Å². The first-order valence-electron chi connectivity index (χ1n) is 9.61. The Bertz CT molecular complexity index is 978. The number of amides is 1. The summed E-state index contributed by atoms with van der Waals surface area (Å²) in [6.45, 7) is 1.39. The van der Waals surface area contributed by atoms with Crippen molar-refractivity contribution in [3.05, 3.63) is 59.2 Å². The molecular weight excluding hydrogens is 376 g/mol. The molecule has 4 rings (SSSR count). The van der Waals surface area contributed by atoms with E-state index in [1.165, 1.54) is 9.87 Å². The van der Waals surface area contributed by atoms with Gasteiger partial charge in [0.05, 0.1) is 11.3 Å². The molecule has 0 saturated carbocycles. The van der Waals surface area contributed by atoms with E-state index in [2.05, 4.69) is 0 Å². The number of fused-ring (bicyclic) bond motifs is 1. The Kier molecular flexibility index (Phi) is 5.12. The number of phenols is 1. The molecule has 28 heavy (non-hydrogen) atoms. The first-order chi connectivity index (χ1) is 13.4. The fourth-order valence-electron chi connectivity index (χ4n) is 3.94. The molecule has 7 heteroatoms. The molecule has 2 aromatic carbocycles. The molecule has 1 aliphatic carbocycles. The fourth-order valence-corrected chi connectivity index (χ4v) is 5.41. The van der Waals surface area contributed by atoms with Crippen LogP contribution in [0.2, 0.25) is 0 Å². The van der Waals surface area contributed by atoms with E-state index < -0.39 is 10.0 Å². The molecule has 148 valence electrons. The molecule has 1 fully saturated rings. The molecule has 0 spiro atoms. The van der Waals surface area contributed by atoms with Crippen LogP contribution in [0.5, 0.6) is 5.75 Å². The summed E-state index contributed by atoms with van der Waals surface area (Å²) >= 11 is 0. The summed E-state index contributed by atoms with van der Waals surface area (Å²) in [5.41, 5.74) is 3.23. The number of piperazine rings is 1. The Morgan fingerprint density at radius 2 is 1.61 bits per heavy atom. The molecule has 0 aromatic heterocycles. The van der Waals surface area contributed by atoms with Gasteiger partial charge in [-0.2, -0.15) is 4.31 Å². The van der Waals surface area contributed by atoms with E-state index in [9.17, 15) is 18.3 Å². The highest BCUT2D eigenvalue weighted by molar-refractivity contribution is 7.89. The van der Waals surface area contributed by atoms with E-state index in [4.69, 9.17) is 0 Å². The van der Waals surface area contributed by atoms with Gasteiger partial charge in [-0.3, -0.25) is 4.79 Å². The number of sulfonamides is 1. The van der Waals surface area contributed by atoms with Gasteiger partial charge in [-0.25, -0.2) is 8.42 Å². The van der Waals surface area contributed by atoms with Crippen LogP contribution in [0.4, 0.5) is 0 Å². The van der Waals surface area contributed by atoms with Crippen molar-refractivity contribution in [3.8, 4) is 5.75 Å². The zero-order valence-corrected chi connectivity index (χ0v) is 16.5. The second-order valence-electron chi connectivity index (χ2n) is 7.41. The van der Waals surface area contributed by atoms with Gasteiger partial charge in [0.15, 0.2) is 0 Å². The molecule has 0 unspecified atom stereocenters. The minimum absolute atomic E-state index is 0.0275. The van der Waals surface area contributed by atoms with Crippen LogP contribution in [0.1, 0.15) is 23.1 Å². The van der Waals surface area contributed by atoms with Crippen LogP contribution in [0.3, 0.4) is 0 Å². The van der Waals surface area contributed by atoms with Gasteiger partial charge in [-0.05, 0) is 60.2 Å². The van der Waals surface area contributed by atoms with Crippen LogP contribution < -0.4 is 0 Å². The molecule has 6 nitrogen and oxygen atoms in total. The van der Waals surface area contributed by atoms with Gasteiger partial charge in [0.1, 0.15) is 5.75 Å². The second-order valence-corrected chi connectivity index (χ2v) is 9.35. The van der Waals surface area contributed by atoms with E-state index in [1.54, 1.807) is 35.2 Å². The maximum Gasteiger partial charge on any atom is 0.243 e. The summed E-state index contributed by atoms with van der Waals surface area (Å²) < 4.78 is 27.5. The van der Waals surface area contributed by atoms with Crippen molar-refractivity contribution < 1.29 is 18.3 Å². The lowest BCUT2D eigenvalue weighted by Gasteiger charge is -2.34. The minimum atomic E-state index is -3.53. The molecular formula is C21H24N2O4S. The van der Waals surface area contributed by atoms with Crippen LogP contribution in [0, 0.1) is 0 Å². The van der Waals surface area contributed by atoms with Gasteiger partial charge in [0.25, 0.3) is 0 Å². The molecule has 1 amide bonds.